The number of rotatable bonds is 4. The van der Waals surface area contributed by atoms with E-state index in [1.807, 2.05) is 0 Å². The fraction of sp³-hybridized carbons (Fsp3) is 0.692. The van der Waals surface area contributed by atoms with Gasteiger partial charge < -0.3 is 10.7 Å². The predicted octanol–water partition coefficient (Wildman–Crippen LogP) is 1.89. The van der Waals surface area contributed by atoms with Crippen LogP contribution in [0.2, 0.25) is 0 Å². The first-order valence-electron chi connectivity index (χ1n) is 6.47. The van der Waals surface area contributed by atoms with E-state index in [1.165, 1.54) is 50.0 Å². The van der Waals surface area contributed by atoms with Gasteiger partial charge >= 0.3 is 0 Å². The molecule has 3 N–H and O–H groups in total. The molecule has 1 saturated heterocycles. The number of aromatic nitrogens is 1. The van der Waals surface area contributed by atoms with Crippen molar-refractivity contribution in [1.29, 1.82) is 0 Å². The van der Waals surface area contributed by atoms with Crippen molar-refractivity contribution in [2.45, 2.75) is 38.6 Å². The van der Waals surface area contributed by atoms with Gasteiger partial charge in [0.15, 0.2) is 0 Å². The SMILES string of the molecule is NCCc1cc(CN2CCCCCC2)c[nH]1. The average Bonchev–Trinajstić information content (AvgIpc) is 2.56. The molecule has 3 nitrogen and oxygen atoms in total. The maximum atomic E-state index is 5.54. The summed E-state index contributed by atoms with van der Waals surface area (Å²) in [4.78, 5) is 5.88. The molecule has 0 bridgehead atoms. The lowest BCUT2D eigenvalue weighted by Crippen LogP contribution is -2.23. The Bertz CT molecular complexity index is 298. The van der Waals surface area contributed by atoms with Crippen molar-refractivity contribution < 1.29 is 0 Å². The molecule has 1 aromatic rings. The third kappa shape index (κ3) is 3.35. The first kappa shape index (κ1) is 11.7. The highest BCUT2D eigenvalue weighted by molar-refractivity contribution is 5.16. The summed E-state index contributed by atoms with van der Waals surface area (Å²) >= 11 is 0. The van der Waals surface area contributed by atoms with Gasteiger partial charge in [-0.2, -0.15) is 0 Å². The van der Waals surface area contributed by atoms with E-state index in [2.05, 4.69) is 22.1 Å². The van der Waals surface area contributed by atoms with Gasteiger partial charge in [-0.15, -0.1) is 0 Å². The number of nitrogens with one attached hydrogen (secondary N) is 1. The van der Waals surface area contributed by atoms with Gasteiger partial charge in [0.1, 0.15) is 0 Å². The number of H-pyrrole nitrogens is 1. The van der Waals surface area contributed by atoms with Crippen LogP contribution in [0, 0.1) is 0 Å². The highest BCUT2D eigenvalue weighted by Crippen LogP contribution is 2.13. The number of aromatic amines is 1. The molecule has 0 aliphatic carbocycles. The lowest BCUT2D eigenvalue weighted by molar-refractivity contribution is 0.277. The van der Waals surface area contributed by atoms with Crippen LogP contribution in [0.4, 0.5) is 0 Å². The zero-order valence-electron chi connectivity index (χ0n) is 10.0. The predicted molar refractivity (Wildman–Crippen MR) is 67.3 cm³/mol. The summed E-state index contributed by atoms with van der Waals surface area (Å²) in [6.45, 7) is 4.35. The second kappa shape index (κ2) is 6.06. The molecule has 1 fully saturated rings. The minimum absolute atomic E-state index is 0.726. The maximum Gasteiger partial charge on any atom is 0.0248 e. The van der Waals surface area contributed by atoms with Crippen LogP contribution in [0.15, 0.2) is 12.3 Å². The lowest BCUT2D eigenvalue weighted by Gasteiger charge is -2.18. The maximum absolute atomic E-state index is 5.54. The van der Waals surface area contributed by atoms with Crippen LogP contribution < -0.4 is 5.73 Å². The van der Waals surface area contributed by atoms with Gasteiger partial charge in [-0.05, 0) is 50.5 Å². The Labute approximate surface area is 98.0 Å². The van der Waals surface area contributed by atoms with E-state index >= 15 is 0 Å². The molecule has 90 valence electrons. The molecule has 0 radical (unpaired) electrons. The monoisotopic (exact) mass is 221 g/mol. The second-order valence-corrected chi connectivity index (χ2v) is 4.76. The topological polar surface area (TPSA) is 45.0 Å². The van der Waals surface area contributed by atoms with Crippen molar-refractivity contribution >= 4 is 0 Å². The zero-order valence-corrected chi connectivity index (χ0v) is 10.0. The van der Waals surface area contributed by atoms with Gasteiger partial charge in [-0.1, -0.05) is 12.8 Å². The summed E-state index contributed by atoms with van der Waals surface area (Å²) < 4.78 is 0. The molecule has 2 heterocycles. The molecule has 16 heavy (non-hydrogen) atoms. The molecule has 0 aromatic carbocycles. The Hall–Kier alpha value is -0.800. The molecule has 0 amide bonds. The van der Waals surface area contributed by atoms with Crippen LogP contribution in [0.1, 0.15) is 36.9 Å². The number of nitrogens with zero attached hydrogens (tertiary/aromatic N) is 1. The fourth-order valence-corrected chi connectivity index (χ4v) is 2.44. The first-order chi connectivity index (χ1) is 7.88. The van der Waals surface area contributed by atoms with Gasteiger partial charge in [-0.3, -0.25) is 4.90 Å². The molecular weight excluding hydrogens is 198 g/mol. The van der Waals surface area contributed by atoms with E-state index in [0.717, 1.165) is 19.5 Å². The Morgan fingerprint density at radius 2 is 1.94 bits per heavy atom. The largest absolute Gasteiger partial charge is 0.365 e. The smallest absolute Gasteiger partial charge is 0.0248 e. The molecule has 1 aliphatic rings. The molecule has 1 aromatic heterocycles. The zero-order chi connectivity index (χ0) is 11.2. The normalized spacial score (nSPS) is 18.6. The Balaban J connectivity index is 1.86. The van der Waals surface area contributed by atoms with Crippen molar-refractivity contribution in [2.24, 2.45) is 5.73 Å². The van der Waals surface area contributed by atoms with Crippen molar-refractivity contribution in [3.05, 3.63) is 23.5 Å². The third-order valence-electron chi connectivity index (χ3n) is 3.32. The van der Waals surface area contributed by atoms with Gasteiger partial charge in [0.25, 0.3) is 0 Å². The molecular formula is C13H23N3. The second-order valence-electron chi connectivity index (χ2n) is 4.76. The third-order valence-corrected chi connectivity index (χ3v) is 3.32. The highest BCUT2D eigenvalue weighted by atomic mass is 15.1. The highest BCUT2D eigenvalue weighted by Gasteiger charge is 2.10. The van der Waals surface area contributed by atoms with E-state index in [0.29, 0.717) is 0 Å². The fourth-order valence-electron chi connectivity index (χ4n) is 2.44. The summed E-state index contributed by atoms with van der Waals surface area (Å²) in [6, 6.07) is 2.26. The number of hydrogen-bond donors (Lipinski definition) is 2. The van der Waals surface area contributed by atoms with Crippen molar-refractivity contribution in [2.75, 3.05) is 19.6 Å². The summed E-state index contributed by atoms with van der Waals surface area (Å²) in [6.07, 6.45) is 8.63. The van der Waals surface area contributed by atoms with Crippen LogP contribution in [0.5, 0.6) is 0 Å². The molecule has 3 heteroatoms. The van der Waals surface area contributed by atoms with E-state index in [4.69, 9.17) is 5.73 Å². The summed E-state index contributed by atoms with van der Waals surface area (Å²) in [5.74, 6) is 0. The van der Waals surface area contributed by atoms with Crippen molar-refractivity contribution in [3.63, 3.8) is 0 Å². The molecule has 0 atom stereocenters. The lowest BCUT2D eigenvalue weighted by atomic mass is 10.2. The van der Waals surface area contributed by atoms with E-state index < -0.39 is 0 Å². The minimum Gasteiger partial charge on any atom is -0.365 e. The van der Waals surface area contributed by atoms with Gasteiger partial charge in [-0.25, -0.2) is 0 Å². The minimum atomic E-state index is 0.726. The van der Waals surface area contributed by atoms with Crippen molar-refractivity contribution in [1.82, 2.24) is 9.88 Å². The van der Waals surface area contributed by atoms with Crippen molar-refractivity contribution in [3.8, 4) is 0 Å². The molecule has 0 saturated carbocycles. The number of hydrogen-bond acceptors (Lipinski definition) is 2. The van der Waals surface area contributed by atoms with Crippen LogP contribution in [-0.4, -0.2) is 29.5 Å². The summed E-state index contributed by atoms with van der Waals surface area (Å²) in [7, 11) is 0. The quantitative estimate of drug-likeness (QED) is 0.815. The standard InChI is InChI=1S/C13H23N3/c14-6-5-13-9-12(10-15-13)11-16-7-3-1-2-4-8-16/h9-10,15H,1-8,11,14H2. The van der Waals surface area contributed by atoms with Crippen LogP contribution in [0.25, 0.3) is 0 Å². The van der Waals surface area contributed by atoms with Gasteiger partial charge in [0.05, 0.1) is 0 Å². The molecule has 0 spiro atoms. The van der Waals surface area contributed by atoms with Crippen LogP contribution in [0.3, 0.4) is 0 Å². The van der Waals surface area contributed by atoms with Gasteiger partial charge in [0.2, 0.25) is 0 Å². The average molecular weight is 221 g/mol. The Kier molecular flexibility index (Phi) is 4.43. The first-order valence-corrected chi connectivity index (χ1v) is 6.47. The van der Waals surface area contributed by atoms with Gasteiger partial charge in [0, 0.05) is 18.4 Å². The van der Waals surface area contributed by atoms with E-state index in [9.17, 15) is 0 Å². The van der Waals surface area contributed by atoms with E-state index in [-0.39, 0.29) is 0 Å². The Morgan fingerprint density at radius 3 is 2.62 bits per heavy atom. The number of likely N-dealkylation sites (tertiary alicyclic amines) is 1. The molecule has 1 aliphatic heterocycles. The number of nitrogens with two attached hydrogens (primary N) is 1. The summed E-state index contributed by atoms with van der Waals surface area (Å²) in [5, 5.41) is 0. The van der Waals surface area contributed by atoms with Crippen LogP contribution >= 0.6 is 0 Å². The van der Waals surface area contributed by atoms with Crippen LogP contribution in [-0.2, 0) is 13.0 Å². The Morgan fingerprint density at radius 1 is 1.19 bits per heavy atom. The molecule has 2 rings (SSSR count). The van der Waals surface area contributed by atoms with E-state index in [1.54, 1.807) is 0 Å². The summed E-state index contributed by atoms with van der Waals surface area (Å²) in [5.41, 5.74) is 8.22. The molecule has 0 unspecified atom stereocenters.